The van der Waals surface area contributed by atoms with Crippen molar-refractivity contribution in [2.75, 3.05) is 61.0 Å². The van der Waals surface area contributed by atoms with E-state index < -0.39 is 0 Å². The Morgan fingerprint density at radius 3 is 2.55 bits per heavy atom. The van der Waals surface area contributed by atoms with Gasteiger partial charge in [-0.1, -0.05) is 12.1 Å². The second kappa shape index (κ2) is 13.8. The van der Waals surface area contributed by atoms with Gasteiger partial charge in [-0.3, -0.25) is 14.7 Å². The van der Waals surface area contributed by atoms with Gasteiger partial charge in [0.15, 0.2) is 5.96 Å². The molecule has 1 aromatic carbocycles. The van der Waals surface area contributed by atoms with Gasteiger partial charge < -0.3 is 20.3 Å². The molecule has 0 heterocycles. The number of amides is 1. The maximum atomic E-state index is 12.1. The molecule has 0 spiro atoms. The van der Waals surface area contributed by atoms with Crippen molar-refractivity contribution in [1.82, 2.24) is 20.4 Å². The van der Waals surface area contributed by atoms with Crippen LogP contribution in [0.25, 0.3) is 0 Å². The quantitative estimate of drug-likeness (QED) is 0.267. The Balaban J connectivity index is 0.00000420. The van der Waals surface area contributed by atoms with E-state index in [-0.39, 0.29) is 29.9 Å². The molecule has 1 aromatic rings. The lowest BCUT2D eigenvalue weighted by Gasteiger charge is -2.22. The average Bonchev–Trinajstić information content (AvgIpc) is 3.54. The third kappa shape index (κ3) is 9.31. The number of methoxy groups -OCH3 is 1. The van der Waals surface area contributed by atoms with Crippen LogP contribution in [0.1, 0.15) is 28.8 Å². The molecule has 1 saturated carbocycles. The number of nitrogens with one attached hydrogen (secondary N) is 2. The zero-order chi connectivity index (χ0) is 20.4. The molecule has 0 radical (unpaired) electrons. The Hall–Kier alpha value is -1.39. The van der Waals surface area contributed by atoms with E-state index in [0.29, 0.717) is 0 Å². The number of nitrogens with zero attached hydrogens (tertiary/aromatic N) is 3. The second-order valence-corrected chi connectivity index (χ2v) is 7.34. The Kier molecular flexibility index (Phi) is 12.2. The first-order valence-corrected chi connectivity index (χ1v) is 10.0. The summed E-state index contributed by atoms with van der Waals surface area (Å²) < 4.78 is 5.21. The SMILES string of the molecule is CN=C(NCCc1cccc(C(=O)N(C)C)c1)NCCN(CCOC)C1CC1.I. The fourth-order valence-electron chi connectivity index (χ4n) is 3.11. The summed E-state index contributed by atoms with van der Waals surface area (Å²) in [6, 6.07) is 8.53. The minimum Gasteiger partial charge on any atom is -0.383 e. The van der Waals surface area contributed by atoms with Crippen LogP contribution in [-0.4, -0.2) is 88.7 Å². The van der Waals surface area contributed by atoms with Crippen LogP contribution >= 0.6 is 24.0 Å². The normalized spacial score (nSPS) is 13.8. The van der Waals surface area contributed by atoms with Crippen molar-refractivity contribution < 1.29 is 9.53 Å². The minimum absolute atomic E-state index is 0. The number of halogens is 1. The van der Waals surface area contributed by atoms with Crippen LogP contribution < -0.4 is 10.6 Å². The van der Waals surface area contributed by atoms with Crippen molar-refractivity contribution in [3.05, 3.63) is 35.4 Å². The zero-order valence-electron chi connectivity index (χ0n) is 18.1. The van der Waals surface area contributed by atoms with Gasteiger partial charge >= 0.3 is 0 Å². The number of rotatable bonds is 11. The second-order valence-electron chi connectivity index (χ2n) is 7.34. The smallest absolute Gasteiger partial charge is 0.253 e. The molecule has 0 aromatic heterocycles. The van der Waals surface area contributed by atoms with Crippen LogP contribution in [-0.2, 0) is 11.2 Å². The van der Waals surface area contributed by atoms with E-state index in [9.17, 15) is 4.79 Å². The van der Waals surface area contributed by atoms with Crippen LogP contribution in [0.3, 0.4) is 0 Å². The molecule has 0 aliphatic heterocycles. The highest BCUT2D eigenvalue weighted by Gasteiger charge is 2.28. The number of aliphatic imine (C=N–C) groups is 1. The maximum Gasteiger partial charge on any atom is 0.253 e. The minimum atomic E-state index is 0. The molecule has 1 fully saturated rings. The molecule has 2 N–H and O–H groups in total. The molecular weight excluding hydrogens is 481 g/mol. The number of guanidine groups is 1. The first-order chi connectivity index (χ1) is 13.5. The number of carbonyl (C=O) groups excluding carboxylic acids is 1. The Morgan fingerprint density at radius 1 is 1.21 bits per heavy atom. The third-order valence-electron chi connectivity index (χ3n) is 4.85. The molecular formula is C21H36IN5O2. The molecule has 1 aliphatic rings. The highest BCUT2D eigenvalue weighted by molar-refractivity contribution is 14.0. The highest BCUT2D eigenvalue weighted by atomic mass is 127. The van der Waals surface area contributed by atoms with Gasteiger partial charge in [-0.05, 0) is 37.0 Å². The van der Waals surface area contributed by atoms with E-state index >= 15 is 0 Å². The predicted molar refractivity (Wildman–Crippen MR) is 129 cm³/mol. The lowest BCUT2D eigenvalue weighted by atomic mass is 10.1. The fraction of sp³-hybridized carbons (Fsp3) is 0.619. The average molecular weight is 517 g/mol. The summed E-state index contributed by atoms with van der Waals surface area (Å²) in [5, 5.41) is 6.74. The molecule has 1 amide bonds. The van der Waals surface area contributed by atoms with Crippen LogP contribution in [0.15, 0.2) is 29.3 Å². The summed E-state index contributed by atoms with van der Waals surface area (Å²) in [4.78, 5) is 20.5. The van der Waals surface area contributed by atoms with E-state index in [1.165, 1.54) is 12.8 Å². The van der Waals surface area contributed by atoms with Crippen molar-refractivity contribution >= 4 is 35.8 Å². The van der Waals surface area contributed by atoms with Crippen molar-refractivity contribution in [1.29, 1.82) is 0 Å². The third-order valence-corrected chi connectivity index (χ3v) is 4.85. The van der Waals surface area contributed by atoms with Crippen LogP contribution in [0.5, 0.6) is 0 Å². The lowest BCUT2D eigenvalue weighted by molar-refractivity contribution is 0.0827. The van der Waals surface area contributed by atoms with Crippen molar-refractivity contribution in [3.8, 4) is 0 Å². The molecule has 1 aliphatic carbocycles. The summed E-state index contributed by atoms with van der Waals surface area (Å²) in [6.45, 7) is 4.36. The highest BCUT2D eigenvalue weighted by Crippen LogP contribution is 2.25. The van der Waals surface area contributed by atoms with Gasteiger partial charge in [0.05, 0.1) is 6.61 Å². The zero-order valence-corrected chi connectivity index (χ0v) is 20.4. The summed E-state index contributed by atoms with van der Waals surface area (Å²) in [6.07, 6.45) is 3.43. The molecule has 0 saturated heterocycles. The molecule has 7 nitrogen and oxygen atoms in total. The van der Waals surface area contributed by atoms with Gasteiger partial charge in [-0.2, -0.15) is 0 Å². The monoisotopic (exact) mass is 517 g/mol. The van der Waals surface area contributed by atoms with Gasteiger partial charge in [0, 0.05) is 66.0 Å². The van der Waals surface area contributed by atoms with E-state index in [4.69, 9.17) is 4.74 Å². The first-order valence-electron chi connectivity index (χ1n) is 10.0. The van der Waals surface area contributed by atoms with Gasteiger partial charge in [0.25, 0.3) is 5.91 Å². The van der Waals surface area contributed by atoms with Crippen molar-refractivity contribution in [3.63, 3.8) is 0 Å². The predicted octanol–water partition coefficient (Wildman–Crippen LogP) is 1.82. The van der Waals surface area contributed by atoms with Crippen molar-refractivity contribution in [2.45, 2.75) is 25.3 Å². The van der Waals surface area contributed by atoms with Crippen LogP contribution in [0.4, 0.5) is 0 Å². The number of benzene rings is 1. The Labute approximate surface area is 192 Å². The molecule has 8 heteroatoms. The van der Waals surface area contributed by atoms with E-state index in [1.807, 2.05) is 24.3 Å². The summed E-state index contributed by atoms with van der Waals surface area (Å²) in [5.74, 6) is 0.837. The van der Waals surface area contributed by atoms with Gasteiger partial charge in [-0.15, -0.1) is 24.0 Å². The van der Waals surface area contributed by atoms with Gasteiger partial charge in [-0.25, -0.2) is 0 Å². The Morgan fingerprint density at radius 2 is 1.93 bits per heavy atom. The van der Waals surface area contributed by atoms with Gasteiger partial charge in [0.1, 0.15) is 0 Å². The number of ether oxygens (including phenoxy) is 1. The van der Waals surface area contributed by atoms with E-state index in [0.717, 1.165) is 62.3 Å². The van der Waals surface area contributed by atoms with Crippen molar-refractivity contribution in [2.24, 2.45) is 4.99 Å². The molecule has 0 atom stereocenters. The van der Waals surface area contributed by atoms with Crippen LogP contribution in [0.2, 0.25) is 0 Å². The Bertz CT molecular complexity index is 650. The summed E-state index contributed by atoms with van der Waals surface area (Å²) in [5.41, 5.74) is 1.86. The van der Waals surface area contributed by atoms with E-state index in [1.54, 1.807) is 33.2 Å². The summed E-state index contributed by atoms with van der Waals surface area (Å²) >= 11 is 0. The largest absolute Gasteiger partial charge is 0.383 e. The van der Waals surface area contributed by atoms with E-state index in [2.05, 4.69) is 20.5 Å². The first kappa shape index (κ1) is 25.6. The van der Waals surface area contributed by atoms with Crippen LogP contribution in [0, 0.1) is 0 Å². The molecule has 29 heavy (non-hydrogen) atoms. The number of hydrogen-bond acceptors (Lipinski definition) is 4. The number of carbonyl (C=O) groups is 1. The molecule has 2 rings (SSSR count). The number of hydrogen-bond donors (Lipinski definition) is 2. The maximum absolute atomic E-state index is 12.1. The molecule has 164 valence electrons. The van der Waals surface area contributed by atoms with Gasteiger partial charge in [0.2, 0.25) is 0 Å². The molecule has 0 bridgehead atoms. The standard InChI is InChI=1S/C21H35N5O2.HI/c1-22-21(24-12-13-26(14-15-28-4)19-8-9-19)23-11-10-17-6-5-7-18(16-17)20(27)25(2)3;/h5-7,16,19H,8-15H2,1-4H3,(H2,22,23,24);1H. The molecule has 0 unspecified atom stereocenters. The topological polar surface area (TPSA) is 69.2 Å². The summed E-state index contributed by atoms with van der Waals surface area (Å²) in [7, 11) is 7.08. The fourth-order valence-corrected chi connectivity index (χ4v) is 3.11. The lowest BCUT2D eigenvalue weighted by Crippen LogP contribution is -2.43.